The van der Waals surface area contributed by atoms with E-state index in [2.05, 4.69) is 26.0 Å². The maximum Gasteiger partial charge on any atom is 0.211 e. The van der Waals surface area contributed by atoms with Gasteiger partial charge in [-0.3, -0.25) is 4.79 Å². The highest BCUT2D eigenvalue weighted by Gasteiger charge is 2.19. The predicted octanol–water partition coefficient (Wildman–Crippen LogP) is 1.20. The second kappa shape index (κ2) is 9.06. The van der Waals surface area contributed by atoms with Crippen LogP contribution in [0.25, 0.3) is 11.1 Å². The lowest BCUT2D eigenvalue weighted by Gasteiger charge is -2.05. The Morgan fingerprint density at radius 2 is 1.38 bits per heavy atom. The van der Waals surface area contributed by atoms with Crippen LogP contribution in [0.1, 0.15) is 24.2 Å². The Morgan fingerprint density at radius 3 is 1.90 bits per heavy atom. The molecule has 0 spiro atoms. The molecule has 0 atom stereocenters. The van der Waals surface area contributed by atoms with Crippen molar-refractivity contribution in [2.75, 3.05) is 17.3 Å². The number of Topliss-reactive ketones (excluding diaryl/α,β-unsaturated/α-hetero) is 1. The molecular weight excluding hydrogens is 344 g/mol. The van der Waals surface area contributed by atoms with Crippen LogP contribution in [-0.2, 0) is 10.9 Å². The minimum absolute atomic E-state index is 0. The minimum atomic E-state index is 0. The molecule has 0 aliphatic carbocycles. The molecule has 0 N–H and O–H groups in total. The lowest BCUT2D eigenvalue weighted by atomic mass is 10.0. The molecule has 3 heteroatoms. The highest BCUT2D eigenvalue weighted by molar-refractivity contribution is 7.97. The van der Waals surface area contributed by atoms with Crippen LogP contribution < -0.4 is 17.0 Å². The Balaban J connectivity index is 0.00000220. The molecule has 0 aliphatic heterocycles. The first-order valence-corrected chi connectivity index (χ1v) is 8.80. The summed E-state index contributed by atoms with van der Waals surface area (Å²) < 4.78 is 0. The molecule has 0 heterocycles. The van der Waals surface area contributed by atoms with Crippen molar-refractivity contribution in [1.82, 2.24) is 0 Å². The van der Waals surface area contributed by atoms with Crippen LogP contribution in [0, 0.1) is 0 Å². The normalized spacial score (nSPS) is 10.2. The molecule has 21 heavy (non-hydrogen) atoms. The van der Waals surface area contributed by atoms with Gasteiger partial charge < -0.3 is 17.0 Å². The van der Waals surface area contributed by atoms with Gasteiger partial charge in [-0.25, -0.2) is 0 Å². The zero-order chi connectivity index (χ0) is 14.4. The third-order valence-corrected chi connectivity index (χ3v) is 5.77. The summed E-state index contributed by atoms with van der Waals surface area (Å²) in [7, 11) is 0.240. The Kier molecular flexibility index (Phi) is 7.76. The van der Waals surface area contributed by atoms with Gasteiger partial charge in [-0.15, -0.1) is 0 Å². The highest BCUT2D eigenvalue weighted by Crippen LogP contribution is 2.19. The summed E-state index contributed by atoms with van der Waals surface area (Å²) in [6, 6.07) is 18.2. The van der Waals surface area contributed by atoms with Crippen molar-refractivity contribution in [2.45, 2.75) is 13.8 Å². The molecule has 2 aromatic rings. The third kappa shape index (κ3) is 5.01. The lowest BCUT2D eigenvalue weighted by molar-refractivity contribution is -0.0000119. The van der Waals surface area contributed by atoms with E-state index < -0.39 is 0 Å². The summed E-state index contributed by atoms with van der Waals surface area (Å²) in [6.07, 6.45) is 0. The first kappa shape index (κ1) is 18.0. The molecule has 0 aromatic heterocycles. The Hall–Kier alpha value is -1.06. The standard InChI is InChI=1S/C18H21OS.BrH/c1-3-20(4-2)14-18(19)17-12-10-16(11-13-17)15-8-6-5-7-9-15;/h5-13H,3-4,14H2,1-2H3;1H/q+1;/p-1. The van der Waals surface area contributed by atoms with E-state index in [1.807, 2.05) is 42.5 Å². The number of hydrogen-bond donors (Lipinski definition) is 0. The maximum atomic E-state index is 12.2. The van der Waals surface area contributed by atoms with Gasteiger partial charge >= 0.3 is 0 Å². The number of ketones is 1. The first-order valence-electron chi connectivity index (χ1n) is 7.07. The van der Waals surface area contributed by atoms with Crippen molar-refractivity contribution in [1.29, 1.82) is 0 Å². The number of carbonyl (C=O) groups is 1. The summed E-state index contributed by atoms with van der Waals surface area (Å²) >= 11 is 0. The molecule has 112 valence electrons. The molecule has 0 saturated heterocycles. The Labute approximate surface area is 140 Å². The highest BCUT2D eigenvalue weighted by atomic mass is 79.9. The van der Waals surface area contributed by atoms with E-state index in [9.17, 15) is 4.79 Å². The second-order valence-corrected chi connectivity index (χ2v) is 7.37. The average Bonchev–Trinajstić information content (AvgIpc) is 2.53. The van der Waals surface area contributed by atoms with Crippen molar-refractivity contribution >= 4 is 16.7 Å². The van der Waals surface area contributed by atoms with Crippen LogP contribution in [0.15, 0.2) is 54.6 Å². The van der Waals surface area contributed by atoms with Gasteiger partial charge in [0.1, 0.15) is 11.5 Å². The summed E-state index contributed by atoms with van der Waals surface area (Å²) in [5, 5.41) is 0. The Morgan fingerprint density at radius 1 is 0.857 bits per heavy atom. The summed E-state index contributed by atoms with van der Waals surface area (Å²) in [6.45, 7) is 4.33. The van der Waals surface area contributed by atoms with Crippen molar-refractivity contribution in [3.63, 3.8) is 0 Å². The van der Waals surface area contributed by atoms with Gasteiger partial charge in [0.2, 0.25) is 5.78 Å². The van der Waals surface area contributed by atoms with Gasteiger partial charge in [-0.05, 0) is 35.9 Å². The molecule has 2 rings (SSSR count). The van der Waals surface area contributed by atoms with Crippen LogP contribution in [0.3, 0.4) is 0 Å². The smallest absolute Gasteiger partial charge is 0.211 e. The summed E-state index contributed by atoms with van der Waals surface area (Å²) in [5.74, 6) is 3.17. The minimum Gasteiger partial charge on any atom is -1.00 e. The molecule has 2 aromatic carbocycles. The molecule has 0 radical (unpaired) electrons. The molecule has 1 nitrogen and oxygen atoms in total. The zero-order valence-electron chi connectivity index (χ0n) is 12.5. The predicted molar refractivity (Wildman–Crippen MR) is 89.5 cm³/mol. The first-order chi connectivity index (χ1) is 9.74. The van der Waals surface area contributed by atoms with E-state index in [0.29, 0.717) is 5.75 Å². The number of rotatable bonds is 6. The van der Waals surface area contributed by atoms with Gasteiger partial charge in [-0.2, -0.15) is 0 Å². The van der Waals surface area contributed by atoms with Crippen LogP contribution in [-0.4, -0.2) is 23.0 Å². The van der Waals surface area contributed by atoms with Crippen molar-refractivity contribution < 1.29 is 21.8 Å². The van der Waals surface area contributed by atoms with E-state index in [4.69, 9.17) is 0 Å². The van der Waals surface area contributed by atoms with Gasteiger partial charge in [0.15, 0.2) is 5.75 Å². The van der Waals surface area contributed by atoms with E-state index in [1.54, 1.807) is 0 Å². The van der Waals surface area contributed by atoms with E-state index in [1.165, 1.54) is 5.56 Å². The van der Waals surface area contributed by atoms with E-state index in [-0.39, 0.29) is 33.7 Å². The molecule has 0 bridgehead atoms. The van der Waals surface area contributed by atoms with Crippen LogP contribution in [0.5, 0.6) is 0 Å². The monoisotopic (exact) mass is 364 g/mol. The number of benzene rings is 2. The molecular formula is C18H21BrOS. The van der Waals surface area contributed by atoms with Crippen LogP contribution >= 0.6 is 0 Å². The SMILES string of the molecule is CC[S+](CC)CC(=O)c1ccc(-c2ccccc2)cc1.[Br-]. The Bertz CT molecular complexity index is 547. The maximum absolute atomic E-state index is 12.2. The number of halogens is 1. The molecule has 0 unspecified atom stereocenters. The fourth-order valence-electron chi connectivity index (χ4n) is 2.16. The van der Waals surface area contributed by atoms with Crippen molar-refractivity contribution in [3.8, 4) is 11.1 Å². The molecule has 0 aliphatic rings. The topological polar surface area (TPSA) is 17.1 Å². The zero-order valence-corrected chi connectivity index (χ0v) is 14.9. The van der Waals surface area contributed by atoms with Crippen molar-refractivity contribution in [3.05, 3.63) is 60.2 Å². The van der Waals surface area contributed by atoms with Gasteiger partial charge in [0.05, 0.1) is 0 Å². The number of carbonyl (C=O) groups excluding carboxylic acids is 1. The van der Waals surface area contributed by atoms with E-state index >= 15 is 0 Å². The lowest BCUT2D eigenvalue weighted by Crippen LogP contribution is -3.00. The van der Waals surface area contributed by atoms with Gasteiger partial charge in [0, 0.05) is 5.56 Å². The largest absolute Gasteiger partial charge is 1.00 e. The molecule has 0 fully saturated rings. The fraction of sp³-hybridized carbons (Fsp3) is 0.278. The molecule has 0 amide bonds. The quantitative estimate of drug-likeness (QED) is 0.556. The van der Waals surface area contributed by atoms with Gasteiger partial charge in [0.25, 0.3) is 0 Å². The van der Waals surface area contributed by atoms with Crippen molar-refractivity contribution in [2.24, 2.45) is 0 Å². The summed E-state index contributed by atoms with van der Waals surface area (Å²) in [4.78, 5) is 12.2. The van der Waals surface area contributed by atoms with Crippen LogP contribution in [0.2, 0.25) is 0 Å². The average molecular weight is 365 g/mol. The van der Waals surface area contributed by atoms with Crippen LogP contribution in [0.4, 0.5) is 0 Å². The third-order valence-electron chi connectivity index (χ3n) is 3.47. The number of hydrogen-bond acceptors (Lipinski definition) is 1. The fourth-order valence-corrected chi connectivity index (χ4v) is 3.51. The molecule has 0 saturated carbocycles. The van der Waals surface area contributed by atoms with Gasteiger partial charge in [-0.1, -0.05) is 54.6 Å². The van der Waals surface area contributed by atoms with E-state index in [0.717, 1.165) is 22.6 Å². The summed E-state index contributed by atoms with van der Waals surface area (Å²) in [5.41, 5.74) is 3.18. The second-order valence-electron chi connectivity index (χ2n) is 4.70.